The minimum Gasteiger partial charge on any atom is -0.478 e. The summed E-state index contributed by atoms with van der Waals surface area (Å²) in [6.45, 7) is 1.50. The average molecular weight is 240 g/mol. The van der Waals surface area contributed by atoms with Gasteiger partial charge in [-0.05, 0) is 12.1 Å². The number of nitrogen functional groups attached to an aromatic ring is 1. The molecule has 1 aromatic rings. The van der Waals surface area contributed by atoms with Gasteiger partial charge in [0.2, 0.25) is 0 Å². The van der Waals surface area contributed by atoms with Crippen LogP contribution in [0.1, 0.15) is 22.0 Å². The number of aromatic carboxylic acids is 1. The van der Waals surface area contributed by atoms with Crippen LogP contribution in [0.5, 0.6) is 0 Å². The minimum absolute atomic E-state index is 0.0736. The van der Waals surface area contributed by atoms with Gasteiger partial charge in [0, 0.05) is 17.8 Å². The molecule has 1 saturated heterocycles. The van der Waals surface area contributed by atoms with Crippen LogP contribution in [0.2, 0.25) is 0 Å². The Morgan fingerprint density at radius 1 is 1.59 bits per heavy atom. The van der Waals surface area contributed by atoms with Crippen LogP contribution in [0.15, 0.2) is 12.1 Å². The summed E-state index contributed by atoms with van der Waals surface area (Å²) in [5.74, 6) is -1.68. The smallest absolute Gasteiger partial charge is 0.337 e. The van der Waals surface area contributed by atoms with Crippen LogP contribution >= 0.6 is 0 Å². The molecule has 6 heteroatoms. The lowest BCUT2D eigenvalue weighted by molar-refractivity contribution is 0.0693. The van der Waals surface area contributed by atoms with Crippen LogP contribution in [-0.4, -0.2) is 30.8 Å². The summed E-state index contributed by atoms with van der Waals surface area (Å²) in [7, 11) is 0. The van der Waals surface area contributed by atoms with E-state index in [1.54, 1.807) is 0 Å². The molecule has 17 heavy (non-hydrogen) atoms. The van der Waals surface area contributed by atoms with E-state index in [1.807, 2.05) is 0 Å². The maximum atomic E-state index is 13.7. The second kappa shape index (κ2) is 4.68. The Labute approximate surface area is 97.4 Å². The Balaban J connectivity index is 2.38. The molecule has 1 aromatic carbocycles. The molecule has 4 N–H and O–H groups in total. The zero-order chi connectivity index (χ0) is 12.4. The predicted molar refractivity (Wildman–Crippen MR) is 59.3 cm³/mol. The van der Waals surface area contributed by atoms with E-state index in [0.717, 1.165) is 6.07 Å². The molecule has 0 aliphatic carbocycles. The molecule has 92 valence electrons. The van der Waals surface area contributed by atoms with Crippen molar-refractivity contribution in [2.45, 2.75) is 6.04 Å². The van der Waals surface area contributed by atoms with Crippen molar-refractivity contribution in [3.05, 3.63) is 29.1 Å². The first kappa shape index (κ1) is 11.8. The molecular weight excluding hydrogens is 227 g/mol. The summed E-state index contributed by atoms with van der Waals surface area (Å²) >= 11 is 0. The molecular formula is C11H13FN2O3. The normalized spacial score (nSPS) is 20.2. The SMILES string of the molecule is Nc1cc(F)c(C2COCCN2)cc1C(=O)O. The van der Waals surface area contributed by atoms with E-state index in [2.05, 4.69) is 5.32 Å². The fourth-order valence-electron chi connectivity index (χ4n) is 1.82. The molecule has 0 amide bonds. The third-order valence-electron chi connectivity index (χ3n) is 2.70. The number of ether oxygens (including phenoxy) is 1. The zero-order valence-corrected chi connectivity index (χ0v) is 9.07. The van der Waals surface area contributed by atoms with Crippen LogP contribution in [0.25, 0.3) is 0 Å². The Morgan fingerprint density at radius 2 is 2.35 bits per heavy atom. The number of carboxylic acid groups (broad SMARTS) is 1. The van der Waals surface area contributed by atoms with E-state index in [0.29, 0.717) is 19.8 Å². The molecule has 0 bridgehead atoms. The van der Waals surface area contributed by atoms with Gasteiger partial charge >= 0.3 is 5.97 Å². The highest BCUT2D eigenvalue weighted by molar-refractivity contribution is 5.93. The molecule has 0 aromatic heterocycles. The summed E-state index contributed by atoms with van der Waals surface area (Å²) in [4.78, 5) is 10.9. The van der Waals surface area contributed by atoms with Gasteiger partial charge in [0.25, 0.3) is 0 Å². The standard InChI is InChI=1S/C11H13FN2O3/c12-8-4-9(13)7(11(15)16)3-6(8)10-5-17-2-1-14-10/h3-4,10,14H,1-2,5,13H2,(H,15,16). The summed E-state index contributed by atoms with van der Waals surface area (Å²) in [5, 5.41) is 12.0. The number of carboxylic acids is 1. The number of morpholine rings is 1. The maximum Gasteiger partial charge on any atom is 0.337 e. The molecule has 1 fully saturated rings. The van der Waals surface area contributed by atoms with E-state index < -0.39 is 11.8 Å². The first-order chi connectivity index (χ1) is 8.09. The van der Waals surface area contributed by atoms with Crippen molar-refractivity contribution < 1.29 is 19.0 Å². The fraction of sp³-hybridized carbons (Fsp3) is 0.364. The number of anilines is 1. The van der Waals surface area contributed by atoms with Crippen molar-refractivity contribution in [3.63, 3.8) is 0 Å². The van der Waals surface area contributed by atoms with Crippen molar-refractivity contribution in [3.8, 4) is 0 Å². The highest BCUT2D eigenvalue weighted by Crippen LogP contribution is 2.24. The van der Waals surface area contributed by atoms with Crippen LogP contribution in [0.4, 0.5) is 10.1 Å². The second-order valence-corrected chi connectivity index (χ2v) is 3.85. The molecule has 1 atom stereocenters. The summed E-state index contributed by atoms with van der Waals surface area (Å²) in [5.41, 5.74) is 5.56. The zero-order valence-electron chi connectivity index (χ0n) is 9.07. The van der Waals surface area contributed by atoms with E-state index in [4.69, 9.17) is 15.6 Å². The lowest BCUT2D eigenvalue weighted by Gasteiger charge is -2.25. The molecule has 1 unspecified atom stereocenters. The van der Waals surface area contributed by atoms with Gasteiger partial charge in [-0.3, -0.25) is 0 Å². The van der Waals surface area contributed by atoms with Gasteiger partial charge in [0.1, 0.15) is 5.82 Å². The Kier molecular flexibility index (Phi) is 3.26. The van der Waals surface area contributed by atoms with Crippen LogP contribution in [0.3, 0.4) is 0 Å². The molecule has 0 saturated carbocycles. The first-order valence-corrected chi connectivity index (χ1v) is 5.23. The number of nitrogens with two attached hydrogens (primary N) is 1. The maximum absolute atomic E-state index is 13.7. The van der Waals surface area contributed by atoms with Gasteiger partial charge in [0.15, 0.2) is 0 Å². The lowest BCUT2D eigenvalue weighted by Crippen LogP contribution is -2.35. The Hall–Kier alpha value is -1.66. The number of carbonyl (C=O) groups is 1. The summed E-state index contributed by atoms with van der Waals surface area (Å²) < 4.78 is 18.9. The monoisotopic (exact) mass is 240 g/mol. The topological polar surface area (TPSA) is 84.6 Å². The van der Waals surface area contributed by atoms with Crippen LogP contribution in [0, 0.1) is 5.82 Å². The fourth-order valence-corrected chi connectivity index (χ4v) is 1.82. The summed E-state index contributed by atoms with van der Waals surface area (Å²) in [6.07, 6.45) is 0. The van der Waals surface area contributed by atoms with Gasteiger partial charge in [-0.25, -0.2) is 9.18 Å². The number of hydrogen-bond acceptors (Lipinski definition) is 4. The molecule has 2 rings (SSSR count). The predicted octanol–water partition coefficient (Wildman–Crippen LogP) is 0.767. The van der Waals surface area contributed by atoms with Crippen molar-refractivity contribution in [1.29, 1.82) is 0 Å². The average Bonchev–Trinajstić information content (AvgIpc) is 2.29. The van der Waals surface area contributed by atoms with Crippen molar-refractivity contribution >= 4 is 11.7 Å². The van der Waals surface area contributed by atoms with Gasteiger partial charge in [-0.2, -0.15) is 0 Å². The van der Waals surface area contributed by atoms with Crippen molar-refractivity contribution in [2.24, 2.45) is 0 Å². The van der Waals surface area contributed by atoms with Gasteiger partial charge < -0.3 is 20.9 Å². The van der Waals surface area contributed by atoms with E-state index >= 15 is 0 Å². The Morgan fingerprint density at radius 3 is 2.94 bits per heavy atom. The number of nitrogens with one attached hydrogen (secondary N) is 1. The van der Waals surface area contributed by atoms with Crippen molar-refractivity contribution in [1.82, 2.24) is 5.32 Å². The second-order valence-electron chi connectivity index (χ2n) is 3.85. The third kappa shape index (κ3) is 2.37. The molecule has 5 nitrogen and oxygen atoms in total. The highest BCUT2D eigenvalue weighted by atomic mass is 19.1. The summed E-state index contributed by atoms with van der Waals surface area (Å²) in [6, 6.07) is 1.97. The van der Waals surface area contributed by atoms with Crippen LogP contribution < -0.4 is 11.1 Å². The van der Waals surface area contributed by atoms with Gasteiger partial charge in [-0.1, -0.05) is 0 Å². The highest BCUT2D eigenvalue weighted by Gasteiger charge is 2.21. The van der Waals surface area contributed by atoms with E-state index in [1.165, 1.54) is 6.07 Å². The molecule has 1 heterocycles. The quantitative estimate of drug-likeness (QED) is 0.665. The first-order valence-electron chi connectivity index (χ1n) is 5.23. The Bertz CT molecular complexity index is 445. The lowest BCUT2D eigenvalue weighted by atomic mass is 10.0. The molecule has 0 radical (unpaired) electrons. The molecule has 1 aliphatic rings. The van der Waals surface area contributed by atoms with Gasteiger partial charge in [0.05, 0.1) is 24.8 Å². The third-order valence-corrected chi connectivity index (χ3v) is 2.70. The van der Waals surface area contributed by atoms with Crippen LogP contribution in [-0.2, 0) is 4.74 Å². The largest absolute Gasteiger partial charge is 0.478 e. The number of hydrogen-bond donors (Lipinski definition) is 3. The van der Waals surface area contributed by atoms with Gasteiger partial charge in [-0.15, -0.1) is 0 Å². The van der Waals surface area contributed by atoms with E-state index in [-0.39, 0.29) is 22.9 Å². The van der Waals surface area contributed by atoms with E-state index in [9.17, 15) is 9.18 Å². The molecule has 0 spiro atoms. The molecule has 1 aliphatic heterocycles. The number of halogens is 1. The number of benzene rings is 1. The minimum atomic E-state index is -1.17. The number of rotatable bonds is 2. The van der Waals surface area contributed by atoms with Crippen molar-refractivity contribution in [2.75, 3.05) is 25.5 Å².